The minimum absolute atomic E-state index is 0.128. The van der Waals surface area contributed by atoms with E-state index in [1.807, 2.05) is 12.1 Å². The van der Waals surface area contributed by atoms with Crippen LogP contribution in [-0.4, -0.2) is 44.0 Å². The molecule has 0 bridgehead atoms. The summed E-state index contributed by atoms with van der Waals surface area (Å²) in [6, 6.07) is 6.44. The summed E-state index contributed by atoms with van der Waals surface area (Å²) in [7, 11) is 4.24. The van der Waals surface area contributed by atoms with E-state index in [0.29, 0.717) is 12.0 Å². The summed E-state index contributed by atoms with van der Waals surface area (Å²) in [5, 5.41) is 7.72. The molecule has 0 amide bonds. The van der Waals surface area contributed by atoms with Crippen molar-refractivity contribution in [3.8, 4) is 0 Å². The van der Waals surface area contributed by atoms with Crippen LogP contribution in [0.4, 0.5) is 5.69 Å². The smallest absolute Gasteiger partial charge is 0.124 e. The molecule has 1 aliphatic heterocycles. The molecule has 1 heterocycles. The number of rotatable bonds is 3. The Balaban J connectivity index is 2.33. The van der Waals surface area contributed by atoms with E-state index in [1.54, 1.807) is 0 Å². The summed E-state index contributed by atoms with van der Waals surface area (Å²) in [5.74, 6) is 0.734. The number of hydrogen-bond donors (Lipinski definition) is 2. The molecule has 2 rings (SSSR count). The molecule has 5 heteroatoms. The first-order valence-electron chi connectivity index (χ1n) is 6.45. The van der Waals surface area contributed by atoms with Gasteiger partial charge >= 0.3 is 0 Å². The van der Waals surface area contributed by atoms with Crippen LogP contribution in [0, 0.1) is 11.3 Å². The zero-order valence-corrected chi connectivity index (χ0v) is 13.2. The topological polar surface area (TPSA) is 56.4 Å². The van der Waals surface area contributed by atoms with E-state index in [0.717, 1.165) is 28.8 Å². The van der Waals surface area contributed by atoms with Gasteiger partial charge in [0.25, 0.3) is 0 Å². The number of halogens is 1. The monoisotopic (exact) mass is 324 g/mol. The third-order valence-electron chi connectivity index (χ3n) is 3.83. The molecule has 1 aliphatic rings. The average molecular weight is 325 g/mol. The third-order valence-corrected chi connectivity index (χ3v) is 4.32. The van der Waals surface area contributed by atoms with E-state index < -0.39 is 0 Å². The van der Waals surface area contributed by atoms with Gasteiger partial charge in [-0.05, 0) is 38.2 Å². The minimum atomic E-state index is 0.128. The summed E-state index contributed by atoms with van der Waals surface area (Å²) in [4.78, 5) is 4.60. The van der Waals surface area contributed by atoms with Gasteiger partial charge in [-0.2, -0.15) is 0 Å². The Morgan fingerprint density at radius 1 is 1.42 bits per heavy atom. The Labute approximate surface area is 123 Å². The molecule has 0 aromatic heterocycles. The van der Waals surface area contributed by atoms with E-state index >= 15 is 0 Å². The highest BCUT2D eigenvalue weighted by molar-refractivity contribution is 9.10. The van der Waals surface area contributed by atoms with Crippen molar-refractivity contribution < 1.29 is 0 Å². The van der Waals surface area contributed by atoms with Crippen LogP contribution in [0.3, 0.4) is 0 Å². The molecule has 1 fully saturated rings. The van der Waals surface area contributed by atoms with Gasteiger partial charge in [0.05, 0.1) is 0 Å². The highest BCUT2D eigenvalue weighted by Gasteiger charge is 2.32. The molecule has 4 nitrogen and oxygen atoms in total. The fourth-order valence-corrected chi connectivity index (χ4v) is 3.16. The molecule has 104 valence electrons. The Morgan fingerprint density at radius 2 is 2.11 bits per heavy atom. The Morgan fingerprint density at radius 3 is 2.63 bits per heavy atom. The van der Waals surface area contributed by atoms with Crippen molar-refractivity contribution in [1.82, 2.24) is 4.90 Å². The van der Waals surface area contributed by atoms with Gasteiger partial charge in [0.1, 0.15) is 5.84 Å². The maximum Gasteiger partial charge on any atom is 0.124 e. The SMILES string of the molecule is CC1CN(c2cc(Br)ccc2C(=N)N)CC1N(C)C. The first kappa shape index (κ1) is 14.3. The average Bonchev–Trinajstić information content (AvgIpc) is 2.70. The summed E-state index contributed by atoms with van der Waals surface area (Å²) in [6.07, 6.45) is 0. The molecule has 1 aromatic rings. The van der Waals surface area contributed by atoms with E-state index in [2.05, 4.69) is 52.8 Å². The van der Waals surface area contributed by atoms with E-state index in [1.165, 1.54) is 0 Å². The maximum absolute atomic E-state index is 7.72. The summed E-state index contributed by atoms with van der Waals surface area (Å²) >= 11 is 3.50. The van der Waals surface area contributed by atoms with Crippen molar-refractivity contribution in [2.24, 2.45) is 11.7 Å². The number of nitrogen functional groups attached to an aromatic ring is 1. The molecule has 0 radical (unpaired) electrons. The lowest BCUT2D eigenvalue weighted by Gasteiger charge is -2.24. The number of nitrogens with zero attached hydrogens (tertiary/aromatic N) is 2. The standard InChI is InChI=1S/C14H21BrN4/c1-9-7-19(8-13(9)18(2)3)12-6-10(15)4-5-11(12)14(16)17/h4-6,9,13H,7-8H2,1-3H3,(H3,16,17). The van der Waals surface area contributed by atoms with Crippen molar-refractivity contribution in [3.63, 3.8) is 0 Å². The third kappa shape index (κ3) is 2.92. The molecule has 0 spiro atoms. The van der Waals surface area contributed by atoms with Gasteiger partial charge in [-0.25, -0.2) is 0 Å². The Hall–Kier alpha value is -1.07. The second-order valence-corrected chi connectivity index (χ2v) is 6.40. The second kappa shape index (κ2) is 5.51. The predicted octanol–water partition coefficient (Wildman–Crippen LogP) is 2.12. The lowest BCUT2D eigenvalue weighted by atomic mass is 10.1. The summed E-state index contributed by atoms with van der Waals surface area (Å²) in [6.45, 7) is 4.25. The number of anilines is 1. The van der Waals surface area contributed by atoms with Crippen molar-refractivity contribution in [1.29, 1.82) is 5.41 Å². The first-order chi connectivity index (χ1) is 8.90. The van der Waals surface area contributed by atoms with Crippen LogP contribution in [0.25, 0.3) is 0 Å². The van der Waals surface area contributed by atoms with Crippen LogP contribution in [0.2, 0.25) is 0 Å². The molecule has 0 saturated carbocycles. The van der Waals surface area contributed by atoms with Gasteiger partial charge in [0, 0.05) is 34.9 Å². The van der Waals surface area contributed by atoms with E-state index in [4.69, 9.17) is 11.1 Å². The number of likely N-dealkylation sites (N-methyl/N-ethyl adjacent to an activating group) is 1. The van der Waals surface area contributed by atoms with Crippen molar-refractivity contribution in [2.75, 3.05) is 32.1 Å². The molecule has 2 atom stereocenters. The zero-order chi connectivity index (χ0) is 14.2. The molecular formula is C14H21BrN4. The fraction of sp³-hybridized carbons (Fsp3) is 0.500. The first-order valence-corrected chi connectivity index (χ1v) is 7.24. The van der Waals surface area contributed by atoms with Gasteiger partial charge in [-0.1, -0.05) is 22.9 Å². The summed E-state index contributed by atoms with van der Waals surface area (Å²) in [5.41, 5.74) is 7.56. The fourth-order valence-electron chi connectivity index (χ4n) is 2.81. The van der Waals surface area contributed by atoms with Crippen molar-refractivity contribution in [3.05, 3.63) is 28.2 Å². The quantitative estimate of drug-likeness (QED) is 0.661. The molecule has 19 heavy (non-hydrogen) atoms. The van der Waals surface area contributed by atoms with Gasteiger partial charge in [0.2, 0.25) is 0 Å². The van der Waals surface area contributed by atoms with Crippen LogP contribution in [0.5, 0.6) is 0 Å². The van der Waals surface area contributed by atoms with Gasteiger partial charge < -0.3 is 15.5 Å². The molecule has 0 aliphatic carbocycles. The van der Waals surface area contributed by atoms with E-state index in [-0.39, 0.29) is 5.84 Å². The highest BCUT2D eigenvalue weighted by Crippen LogP contribution is 2.30. The lowest BCUT2D eigenvalue weighted by Crippen LogP contribution is -2.34. The lowest BCUT2D eigenvalue weighted by molar-refractivity contribution is 0.266. The zero-order valence-electron chi connectivity index (χ0n) is 11.7. The number of amidine groups is 1. The van der Waals surface area contributed by atoms with Crippen molar-refractivity contribution >= 4 is 27.5 Å². The van der Waals surface area contributed by atoms with Gasteiger partial charge in [-0.3, -0.25) is 5.41 Å². The van der Waals surface area contributed by atoms with Crippen LogP contribution < -0.4 is 10.6 Å². The normalized spacial score (nSPS) is 23.1. The van der Waals surface area contributed by atoms with Crippen LogP contribution in [-0.2, 0) is 0 Å². The molecular weight excluding hydrogens is 304 g/mol. The highest BCUT2D eigenvalue weighted by atomic mass is 79.9. The molecule has 1 saturated heterocycles. The Bertz CT molecular complexity index is 486. The Kier molecular flexibility index (Phi) is 4.16. The maximum atomic E-state index is 7.72. The summed E-state index contributed by atoms with van der Waals surface area (Å²) < 4.78 is 1.02. The largest absolute Gasteiger partial charge is 0.384 e. The molecule has 3 N–H and O–H groups in total. The predicted molar refractivity (Wildman–Crippen MR) is 84.0 cm³/mol. The van der Waals surface area contributed by atoms with Gasteiger partial charge in [-0.15, -0.1) is 0 Å². The minimum Gasteiger partial charge on any atom is -0.384 e. The van der Waals surface area contributed by atoms with Crippen LogP contribution in [0.15, 0.2) is 22.7 Å². The molecule has 2 unspecified atom stereocenters. The number of benzene rings is 1. The van der Waals surface area contributed by atoms with E-state index in [9.17, 15) is 0 Å². The number of nitrogens with two attached hydrogens (primary N) is 1. The van der Waals surface area contributed by atoms with Crippen molar-refractivity contribution in [2.45, 2.75) is 13.0 Å². The van der Waals surface area contributed by atoms with Gasteiger partial charge in [0.15, 0.2) is 0 Å². The van der Waals surface area contributed by atoms with Crippen LogP contribution >= 0.6 is 15.9 Å². The number of nitrogens with one attached hydrogen (secondary N) is 1. The second-order valence-electron chi connectivity index (χ2n) is 5.49. The number of hydrogen-bond acceptors (Lipinski definition) is 3. The molecule has 1 aromatic carbocycles. The van der Waals surface area contributed by atoms with Crippen LogP contribution in [0.1, 0.15) is 12.5 Å².